The van der Waals surface area contributed by atoms with E-state index in [1.54, 1.807) is 13.0 Å². The average molecular weight is 326 g/mol. The Hall–Kier alpha value is -2.63. The first kappa shape index (κ1) is 16.2. The number of piperidine rings is 1. The maximum absolute atomic E-state index is 10.9. The smallest absolute Gasteiger partial charge is 0.290 e. The number of benzene rings is 1. The van der Waals surface area contributed by atoms with Crippen molar-refractivity contribution in [3.63, 3.8) is 0 Å². The van der Waals surface area contributed by atoms with Crippen molar-refractivity contribution in [3.05, 3.63) is 57.8 Å². The summed E-state index contributed by atoms with van der Waals surface area (Å²) in [6.07, 6.45) is 3.79. The van der Waals surface area contributed by atoms with Gasteiger partial charge in [0, 0.05) is 31.4 Å². The van der Waals surface area contributed by atoms with Crippen molar-refractivity contribution in [2.45, 2.75) is 32.7 Å². The third kappa shape index (κ3) is 3.64. The van der Waals surface area contributed by atoms with Gasteiger partial charge >= 0.3 is 0 Å². The number of rotatable bonds is 5. The van der Waals surface area contributed by atoms with Gasteiger partial charge in [-0.1, -0.05) is 18.2 Å². The molecule has 0 radical (unpaired) electrons. The van der Waals surface area contributed by atoms with Gasteiger partial charge in [-0.2, -0.15) is 0 Å². The van der Waals surface area contributed by atoms with Gasteiger partial charge in [0.1, 0.15) is 11.5 Å². The fraction of sp³-hybridized carbons (Fsp3) is 0.389. The van der Waals surface area contributed by atoms with Gasteiger partial charge in [0.15, 0.2) is 0 Å². The molecule has 0 saturated carbocycles. The van der Waals surface area contributed by atoms with E-state index in [0.717, 1.165) is 13.1 Å². The number of pyridine rings is 1. The van der Waals surface area contributed by atoms with Crippen LogP contribution in [0.25, 0.3) is 0 Å². The van der Waals surface area contributed by atoms with Crippen molar-refractivity contribution < 1.29 is 4.92 Å². The molecule has 1 aromatic carbocycles. The van der Waals surface area contributed by atoms with Gasteiger partial charge in [-0.15, -0.1) is 0 Å². The van der Waals surface area contributed by atoms with E-state index in [2.05, 4.69) is 33.4 Å². The molecule has 1 aromatic heterocycles. The third-order valence-corrected chi connectivity index (χ3v) is 4.40. The maximum atomic E-state index is 10.9. The van der Waals surface area contributed by atoms with E-state index >= 15 is 0 Å². The lowest BCUT2D eigenvalue weighted by Crippen LogP contribution is -2.30. The minimum Gasteiger partial charge on any atom is -0.371 e. The molecule has 6 nitrogen and oxygen atoms in total. The Balaban J connectivity index is 1.73. The summed E-state index contributed by atoms with van der Waals surface area (Å²) < 4.78 is 0. The van der Waals surface area contributed by atoms with Crippen molar-refractivity contribution in [3.8, 4) is 0 Å². The molecule has 0 unspecified atom stereocenters. The highest BCUT2D eigenvalue weighted by molar-refractivity contribution is 5.55. The monoisotopic (exact) mass is 326 g/mol. The normalized spacial score (nSPS) is 14.5. The second-order valence-corrected chi connectivity index (χ2v) is 6.09. The van der Waals surface area contributed by atoms with E-state index in [1.807, 2.05) is 6.07 Å². The lowest BCUT2D eigenvalue weighted by Gasteiger charge is -2.30. The van der Waals surface area contributed by atoms with E-state index in [4.69, 9.17) is 0 Å². The summed E-state index contributed by atoms with van der Waals surface area (Å²) in [6, 6.07) is 11.6. The number of aromatic nitrogens is 1. The Morgan fingerprint density at radius 2 is 1.92 bits per heavy atom. The minimum absolute atomic E-state index is 0.0502. The molecule has 1 saturated heterocycles. The molecule has 1 aliphatic heterocycles. The molecule has 0 aliphatic carbocycles. The lowest BCUT2D eigenvalue weighted by molar-refractivity contribution is -0.385. The number of hydrogen-bond donors (Lipinski definition) is 1. The number of nitrogens with one attached hydrogen (secondary N) is 1. The highest BCUT2D eigenvalue weighted by atomic mass is 16.6. The zero-order chi connectivity index (χ0) is 16.9. The molecule has 0 atom stereocenters. The average Bonchev–Trinajstić information content (AvgIpc) is 2.61. The first-order valence-electron chi connectivity index (χ1n) is 8.34. The van der Waals surface area contributed by atoms with Crippen LogP contribution in [-0.4, -0.2) is 23.0 Å². The Labute approximate surface area is 141 Å². The quantitative estimate of drug-likeness (QED) is 0.666. The van der Waals surface area contributed by atoms with Crippen molar-refractivity contribution in [2.24, 2.45) is 0 Å². The van der Waals surface area contributed by atoms with Crippen LogP contribution in [0.2, 0.25) is 0 Å². The molecule has 2 aromatic rings. The zero-order valence-electron chi connectivity index (χ0n) is 13.9. The number of aryl methyl sites for hydroxylation is 1. The first-order valence-corrected chi connectivity index (χ1v) is 8.34. The van der Waals surface area contributed by atoms with E-state index in [9.17, 15) is 10.1 Å². The molecular formula is C18H22N4O2. The summed E-state index contributed by atoms with van der Waals surface area (Å²) in [4.78, 5) is 17.2. The van der Waals surface area contributed by atoms with Crippen LogP contribution in [0.15, 0.2) is 36.4 Å². The fourth-order valence-corrected chi connectivity index (χ4v) is 3.13. The molecular weight excluding hydrogens is 304 g/mol. The topological polar surface area (TPSA) is 71.3 Å². The fourth-order valence-electron chi connectivity index (χ4n) is 3.13. The Morgan fingerprint density at radius 3 is 2.62 bits per heavy atom. The molecule has 126 valence electrons. The van der Waals surface area contributed by atoms with Crippen LogP contribution in [0, 0.1) is 17.0 Å². The van der Waals surface area contributed by atoms with Crippen molar-refractivity contribution in [1.29, 1.82) is 0 Å². The van der Waals surface area contributed by atoms with Crippen molar-refractivity contribution >= 4 is 17.2 Å². The summed E-state index contributed by atoms with van der Waals surface area (Å²) >= 11 is 0. The lowest BCUT2D eigenvalue weighted by atomic mass is 10.1. The second-order valence-electron chi connectivity index (χ2n) is 6.09. The molecule has 1 aliphatic rings. The SMILES string of the molecule is Cc1nc(NCc2ccccc2N2CCCCC2)ccc1[N+](=O)[O-]. The van der Waals surface area contributed by atoms with Gasteiger partial charge < -0.3 is 10.2 Å². The summed E-state index contributed by atoms with van der Waals surface area (Å²) in [7, 11) is 0. The van der Waals surface area contributed by atoms with Crippen LogP contribution >= 0.6 is 0 Å². The van der Waals surface area contributed by atoms with Crippen molar-refractivity contribution in [1.82, 2.24) is 4.98 Å². The van der Waals surface area contributed by atoms with Gasteiger partial charge in [-0.3, -0.25) is 10.1 Å². The number of nitro groups is 1. The second kappa shape index (κ2) is 7.29. The highest BCUT2D eigenvalue weighted by Gasteiger charge is 2.15. The predicted molar refractivity (Wildman–Crippen MR) is 95.5 cm³/mol. The molecule has 2 heterocycles. The molecule has 1 fully saturated rings. The van der Waals surface area contributed by atoms with Crippen LogP contribution in [-0.2, 0) is 6.54 Å². The maximum Gasteiger partial charge on any atom is 0.290 e. The van der Waals surface area contributed by atoms with Crippen LogP contribution < -0.4 is 10.2 Å². The molecule has 1 N–H and O–H groups in total. The predicted octanol–water partition coefficient (Wildman–Crippen LogP) is 3.90. The van der Waals surface area contributed by atoms with E-state index in [0.29, 0.717) is 18.1 Å². The summed E-state index contributed by atoms with van der Waals surface area (Å²) in [5, 5.41) is 14.2. The molecule has 6 heteroatoms. The van der Waals surface area contributed by atoms with Crippen molar-refractivity contribution in [2.75, 3.05) is 23.3 Å². The zero-order valence-corrected chi connectivity index (χ0v) is 13.9. The number of anilines is 2. The number of hydrogen-bond acceptors (Lipinski definition) is 5. The van der Waals surface area contributed by atoms with Gasteiger partial charge in [0.05, 0.1) is 4.92 Å². The highest BCUT2D eigenvalue weighted by Crippen LogP contribution is 2.25. The van der Waals surface area contributed by atoms with E-state index in [-0.39, 0.29) is 5.69 Å². The molecule has 0 amide bonds. The summed E-state index contributed by atoms with van der Waals surface area (Å²) in [5.41, 5.74) is 2.96. The Morgan fingerprint density at radius 1 is 1.17 bits per heavy atom. The molecule has 3 rings (SSSR count). The Kier molecular flexibility index (Phi) is 4.93. The van der Waals surface area contributed by atoms with Crippen LogP contribution in [0.5, 0.6) is 0 Å². The first-order chi connectivity index (χ1) is 11.6. The van der Waals surface area contributed by atoms with Gasteiger partial charge in [0.25, 0.3) is 5.69 Å². The van der Waals surface area contributed by atoms with Crippen LogP contribution in [0.3, 0.4) is 0 Å². The van der Waals surface area contributed by atoms with Gasteiger partial charge in [-0.25, -0.2) is 4.98 Å². The summed E-state index contributed by atoms with van der Waals surface area (Å²) in [5.74, 6) is 0.659. The largest absolute Gasteiger partial charge is 0.371 e. The molecule has 0 bridgehead atoms. The number of para-hydroxylation sites is 1. The third-order valence-electron chi connectivity index (χ3n) is 4.40. The number of nitrogens with zero attached hydrogens (tertiary/aromatic N) is 3. The van der Waals surface area contributed by atoms with Crippen LogP contribution in [0.1, 0.15) is 30.5 Å². The Bertz CT molecular complexity index is 727. The van der Waals surface area contributed by atoms with Gasteiger partial charge in [-0.05, 0) is 43.9 Å². The van der Waals surface area contributed by atoms with E-state index < -0.39 is 4.92 Å². The standard InChI is InChI=1S/C18H22N4O2/c1-14-16(22(23)24)9-10-18(20-14)19-13-15-7-3-4-8-17(15)21-11-5-2-6-12-21/h3-4,7-10H,2,5-6,11-13H2,1H3,(H,19,20). The summed E-state index contributed by atoms with van der Waals surface area (Å²) in [6.45, 7) is 4.51. The van der Waals surface area contributed by atoms with E-state index in [1.165, 1.54) is 36.6 Å². The molecule has 24 heavy (non-hydrogen) atoms. The molecule has 0 spiro atoms. The van der Waals surface area contributed by atoms with Crippen LogP contribution in [0.4, 0.5) is 17.2 Å². The van der Waals surface area contributed by atoms with Gasteiger partial charge in [0.2, 0.25) is 0 Å². The minimum atomic E-state index is -0.405.